The molecule has 1 aromatic carbocycles. The Morgan fingerprint density at radius 1 is 1.15 bits per heavy atom. The minimum Gasteiger partial charge on any atom is -0.495 e. The second-order valence-corrected chi connectivity index (χ2v) is 8.71. The molecule has 1 aliphatic heterocycles. The first-order chi connectivity index (χ1) is 12.3. The van der Waals surface area contributed by atoms with E-state index in [-0.39, 0.29) is 4.90 Å². The van der Waals surface area contributed by atoms with E-state index < -0.39 is 10.0 Å². The van der Waals surface area contributed by atoms with Gasteiger partial charge in [-0.2, -0.15) is 9.40 Å². The molecule has 2 heterocycles. The molecule has 3 rings (SSSR count). The maximum Gasteiger partial charge on any atom is 0.246 e. The van der Waals surface area contributed by atoms with Gasteiger partial charge in [0.05, 0.1) is 24.2 Å². The summed E-state index contributed by atoms with van der Waals surface area (Å²) in [5.74, 6) is 0.693. The van der Waals surface area contributed by atoms with Crippen molar-refractivity contribution >= 4 is 27.3 Å². The third kappa shape index (κ3) is 3.28. The van der Waals surface area contributed by atoms with Crippen LogP contribution >= 0.6 is 11.6 Å². The molecule has 1 fully saturated rings. The van der Waals surface area contributed by atoms with Gasteiger partial charge in [0.1, 0.15) is 10.6 Å². The normalized spacial score (nSPS) is 16.1. The molecular formula is C17H23ClN4O3S. The molecule has 0 radical (unpaired) electrons. The van der Waals surface area contributed by atoms with Crippen molar-refractivity contribution in [1.29, 1.82) is 0 Å². The first kappa shape index (κ1) is 19.0. The fraction of sp³-hybridized carbons (Fsp3) is 0.471. The second-order valence-electron chi connectivity index (χ2n) is 6.43. The van der Waals surface area contributed by atoms with Crippen LogP contribution < -0.4 is 9.64 Å². The van der Waals surface area contributed by atoms with Crippen LogP contribution in [0.2, 0.25) is 5.02 Å². The Morgan fingerprint density at radius 2 is 1.81 bits per heavy atom. The molecule has 0 saturated carbocycles. The first-order valence-corrected chi connectivity index (χ1v) is 10.2. The number of nitrogens with zero attached hydrogens (tertiary/aromatic N) is 3. The zero-order valence-corrected chi connectivity index (χ0v) is 16.9. The Kier molecular flexibility index (Phi) is 5.18. The molecule has 0 aliphatic carbocycles. The number of halogens is 1. The minimum absolute atomic E-state index is 0.283. The molecule has 2 aromatic rings. The van der Waals surface area contributed by atoms with Crippen molar-refractivity contribution < 1.29 is 13.2 Å². The molecular weight excluding hydrogens is 376 g/mol. The summed E-state index contributed by atoms with van der Waals surface area (Å²) >= 11 is 6.18. The lowest BCUT2D eigenvalue weighted by atomic mass is 10.1. The first-order valence-electron chi connectivity index (χ1n) is 8.36. The number of hydrogen-bond donors (Lipinski definition) is 1. The second kappa shape index (κ2) is 7.09. The van der Waals surface area contributed by atoms with Crippen LogP contribution in [0, 0.1) is 20.8 Å². The van der Waals surface area contributed by atoms with Crippen molar-refractivity contribution in [3.05, 3.63) is 34.1 Å². The van der Waals surface area contributed by atoms with Gasteiger partial charge in [-0.25, -0.2) is 8.42 Å². The summed E-state index contributed by atoms with van der Waals surface area (Å²) in [4.78, 5) is 2.41. The number of aromatic nitrogens is 2. The van der Waals surface area contributed by atoms with Crippen LogP contribution in [0.25, 0.3) is 0 Å². The van der Waals surface area contributed by atoms with E-state index in [2.05, 4.69) is 15.1 Å². The highest BCUT2D eigenvalue weighted by Crippen LogP contribution is 2.34. The van der Waals surface area contributed by atoms with Crippen LogP contribution in [0.15, 0.2) is 17.0 Å². The summed E-state index contributed by atoms with van der Waals surface area (Å²) in [7, 11) is -1.95. The van der Waals surface area contributed by atoms with Crippen LogP contribution in [0.4, 0.5) is 5.69 Å². The third-order valence-electron chi connectivity index (χ3n) is 4.70. The quantitative estimate of drug-likeness (QED) is 0.856. The number of aryl methyl sites for hydroxylation is 3. The number of anilines is 1. The van der Waals surface area contributed by atoms with E-state index in [0.717, 1.165) is 11.3 Å². The zero-order chi connectivity index (χ0) is 19.1. The predicted octanol–water partition coefficient (Wildman–Crippen LogP) is 2.51. The van der Waals surface area contributed by atoms with Crippen LogP contribution in [-0.4, -0.2) is 56.2 Å². The van der Waals surface area contributed by atoms with E-state index in [0.29, 0.717) is 48.3 Å². The van der Waals surface area contributed by atoms with Crippen molar-refractivity contribution in [1.82, 2.24) is 14.5 Å². The standard InChI is InChI=1S/C17H23ClN4O3S/c1-11-9-15(16(25-4)10-14(11)18)21-5-7-22(8-6-21)26(23,24)17-12(2)19-20-13(17)3/h9-10H,5-8H2,1-4H3,(H,19,20). The maximum absolute atomic E-state index is 13.0. The molecule has 0 unspecified atom stereocenters. The highest BCUT2D eigenvalue weighted by molar-refractivity contribution is 7.89. The molecule has 0 amide bonds. The summed E-state index contributed by atoms with van der Waals surface area (Å²) in [5, 5.41) is 7.41. The van der Waals surface area contributed by atoms with E-state index >= 15 is 0 Å². The predicted molar refractivity (Wildman–Crippen MR) is 102 cm³/mol. The fourth-order valence-corrected chi connectivity index (χ4v) is 5.19. The number of methoxy groups -OCH3 is 1. The fourth-order valence-electron chi connectivity index (χ4n) is 3.28. The molecule has 1 aliphatic rings. The summed E-state index contributed by atoms with van der Waals surface area (Å²) in [6, 6.07) is 3.78. The highest BCUT2D eigenvalue weighted by atomic mass is 35.5. The molecule has 26 heavy (non-hydrogen) atoms. The van der Waals surface area contributed by atoms with Crippen molar-refractivity contribution in [2.75, 3.05) is 38.2 Å². The van der Waals surface area contributed by atoms with E-state index in [1.54, 1.807) is 27.0 Å². The van der Waals surface area contributed by atoms with Crippen molar-refractivity contribution in [2.45, 2.75) is 25.7 Å². The molecule has 1 saturated heterocycles. The Morgan fingerprint density at radius 3 is 2.35 bits per heavy atom. The maximum atomic E-state index is 13.0. The van der Waals surface area contributed by atoms with Gasteiger partial charge in [0.2, 0.25) is 10.0 Å². The molecule has 0 atom stereocenters. The smallest absolute Gasteiger partial charge is 0.246 e. The summed E-state index contributed by atoms with van der Waals surface area (Å²) < 4.78 is 32.9. The third-order valence-corrected chi connectivity index (χ3v) is 7.27. The molecule has 1 N–H and O–H groups in total. The van der Waals surface area contributed by atoms with Gasteiger partial charge in [-0.3, -0.25) is 5.10 Å². The Balaban J connectivity index is 1.81. The van der Waals surface area contributed by atoms with Crippen LogP contribution in [0.1, 0.15) is 17.0 Å². The number of rotatable bonds is 4. The van der Waals surface area contributed by atoms with Gasteiger partial charge in [0.15, 0.2) is 0 Å². The van der Waals surface area contributed by atoms with E-state index in [9.17, 15) is 8.42 Å². The van der Waals surface area contributed by atoms with Crippen LogP contribution in [0.3, 0.4) is 0 Å². The molecule has 9 heteroatoms. The van der Waals surface area contributed by atoms with Gasteiger partial charge in [-0.05, 0) is 32.4 Å². The molecule has 0 bridgehead atoms. The lowest BCUT2D eigenvalue weighted by molar-refractivity contribution is 0.378. The Bertz CT molecular complexity index is 899. The molecule has 7 nitrogen and oxygen atoms in total. The average Bonchev–Trinajstić information content (AvgIpc) is 2.96. The zero-order valence-electron chi connectivity index (χ0n) is 15.3. The Labute approximate surface area is 158 Å². The molecule has 1 aromatic heterocycles. The SMILES string of the molecule is COc1cc(Cl)c(C)cc1N1CCN(S(=O)(=O)c2c(C)n[nH]c2C)CC1. The molecule has 0 spiro atoms. The minimum atomic E-state index is -3.56. The number of nitrogens with one attached hydrogen (secondary N) is 1. The average molecular weight is 399 g/mol. The highest BCUT2D eigenvalue weighted by Gasteiger charge is 2.32. The molecule has 142 valence electrons. The summed E-state index contributed by atoms with van der Waals surface area (Å²) in [6.45, 7) is 7.32. The largest absolute Gasteiger partial charge is 0.495 e. The lowest BCUT2D eigenvalue weighted by Crippen LogP contribution is -2.49. The van der Waals surface area contributed by atoms with Gasteiger partial charge >= 0.3 is 0 Å². The van der Waals surface area contributed by atoms with Crippen molar-refractivity contribution in [3.63, 3.8) is 0 Å². The van der Waals surface area contributed by atoms with Crippen molar-refractivity contribution in [3.8, 4) is 5.75 Å². The summed E-state index contributed by atoms with van der Waals surface area (Å²) in [5.41, 5.74) is 2.96. The number of H-pyrrole nitrogens is 1. The van der Waals surface area contributed by atoms with E-state index in [4.69, 9.17) is 16.3 Å². The summed E-state index contributed by atoms with van der Waals surface area (Å²) in [6.07, 6.45) is 0. The number of hydrogen-bond acceptors (Lipinski definition) is 5. The topological polar surface area (TPSA) is 78.5 Å². The lowest BCUT2D eigenvalue weighted by Gasteiger charge is -2.36. The van der Waals surface area contributed by atoms with Gasteiger partial charge < -0.3 is 9.64 Å². The number of sulfonamides is 1. The van der Waals surface area contributed by atoms with E-state index in [1.807, 2.05) is 13.0 Å². The van der Waals surface area contributed by atoms with Gasteiger partial charge in [-0.1, -0.05) is 11.6 Å². The number of aromatic amines is 1. The Hall–Kier alpha value is -1.77. The van der Waals surface area contributed by atoms with Crippen LogP contribution in [0.5, 0.6) is 5.75 Å². The van der Waals surface area contributed by atoms with Gasteiger partial charge in [0, 0.05) is 37.3 Å². The number of benzene rings is 1. The van der Waals surface area contributed by atoms with Crippen molar-refractivity contribution in [2.24, 2.45) is 0 Å². The van der Waals surface area contributed by atoms with Gasteiger partial charge in [0.25, 0.3) is 0 Å². The van der Waals surface area contributed by atoms with Gasteiger partial charge in [-0.15, -0.1) is 0 Å². The van der Waals surface area contributed by atoms with E-state index in [1.165, 1.54) is 4.31 Å². The van der Waals surface area contributed by atoms with Crippen LogP contribution in [-0.2, 0) is 10.0 Å². The number of piperazine rings is 1. The number of ether oxygens (including phenoxy) is 1. The monoisotopic (exact) mass is 398 g/mol.